The van der Waals surface area contributed by atoms with Gasteiger partial charge in [0.1, 0.15) is 0 Å². The number of hydrogen-bond acceptors (Lipinski definition) is 5. The number of aryl methyl sites for hydroxylation is 1. The number of ether oxygens (including phenoxy) is 1. The van der Waals surface area contributed by atoms with Crippen molar-refractivity contribution in [3.63, 3.8) is 0 Å². The molecule has 0 aromatic heterocycles. The van der Waals surface area contributed by atoms with E-state index < -0.39 is 10.0 Å². The van der Waals surface area contributed by atoms with Crippen LogP contribution in [0.15, 0.2) is 23.1 Å². The molecule has 2 N–H and O–H groups in total. The molecule has 2 rings (SSSR count). The van der Waals surface area contributed by atoms with Crippen LogP contribution in [0.1, 0.15) is 29.8 Å². The molecule has 148 valence electrons. The Bertz CT molecular complexity index is 691. The zero-order valence-corrected chi connectivity index (χ0v) is 16.9. The molecule has 1 aliphatic heterocycles. The molecule has 1 heterocycles. The van der Waals surface area contributed by atoms with Crippen LogP contribution in [-0.4, -0.2) is 64.6 Å². The number of nitrogens with one attached hydrogen (secondary N) is 2. The Kier molecular flexibility index (Phi) is 9.52. The van der Waals surface area contributed by atoms with E-state index in [0.29, 0.717) is 51.4 Å². The van der Waals surface area contributed by atoms with Crippen molar-refractivity contribution in [2.45, 2.75) is 25.2 Å². The standard InChI is InChI=1S/C17H27N3O4S.ClH/c1-3-14-5-6-15(17(21)19-8-7-18-4-2)13-16(14)25(22,23)20-9-11-24-12-10-20;/h5-6,13,18H,3-4,7-12H2,1-2H3,(H,19,21);1H. The second-order valence-electron chi connectivity index (χ2n) is 5.80. The van der Waals surface area contributed by atoms with Crippen molar-refractivity contribution in [3.05, 3.63) is 29.3 Å². The minimum absolute atomic E-state index is 0. The first kappa shape index (κ1) is 22.9. The maximum Gasteiger partial charge on any atom is 0.251 e. The second kappa shape index (κ2) is 10.8. The Balaban J connectivity index is 0.00000338. The zero-order valence-electron chi connectivity index (χ0n) is 15.3. The highest BCUT2D eigenvalue weighted by Gasteiger charge is 2.28. The molecule has 1 saturated heterocycles. The van der Waals surface area contributed by atoms with Crippen molar-refractivity contribution in [1.29, 1.82) is 0 Å². The molecule has 1 amide bonds. The van der Waals surface area contributed by atoms with Gasteiger partial charge in [0.05, 0.1) is 18.1 Å². The van der Waals surface area contributed by atoms with Crippen LogP contribution in [0.5, 0.6) is 0 Å². The summed E-state index contributed by atoms with van der Waals surface area (Å²) in [6.45, 7) is 7.37. The zero-order chi connectivity index (χ0) is 18.3. The summed E-state index contributed by atoms with van der Waals surface area (Å²) in [6.07, 6.45) is 0.585. The number of morpholine rings is 1. The topological polar surface area (TPSA) is 87.7 Å². The molecule has 0 radical (unpaired) electrons. The van der Waals surface area contributed by atoms with Crippen LogP contribution >= 0.6 is 12.4 Å². The van der Waals surface area contributed by atoms with E-state index >= 15 is 0 Å². The number of nitrogens with zero attached hydrogens (tertiary/aromatic N) is 1. The van der Waals surface area contributed by atoms with Crippen LogP contribution in [0.4, 0.5) is 0 Å². The molecule has 0 unspecified atom stereocenters. The van der Waals surface area contributed by atoms with Crippen LogP contribution in [0.3, 0.4) is 0 Å². The fourth-order valence-electron chi connectivity index (χ4n) is 2.70. The molecular weight excluding hydrogens is 378 g/mol. The van der Waals surface area contributed by atoms with Gasteiger partial charge in [-0.15, -0.1) is 12.4 Å². The number of halogens is 1. The SMILES string of the molecule is CCNCCNC(=O)c1ccc(CC)c(S(=O)(=O)N2CCOCC2)c1.Cl. The lowest BCUT2D eigenvalue weighted by atomic mass is 10.1. The van der Waals surface area contributed by atoms with Gasteiger partial charge in [-0.25, -0.2) is 8.42 Å². The van der Waals surface area contributed by atoms with Crippen LogP contribution < -0.4 is 10.6 Å². The Labute approximate surface area is 161 Å². The van der Waals surface area contributed by atoms with E-state index in [0.717, 1.165) is 12.1 Å². The van der Waals surface area contributed by atoms with E-state index in [2.05, 4.69) is 10.6 Å². The lowest BCUT2D eigenvalue weighted by Crippen LogP contribution is -2.41. The Hall–Kier alpha value is -1.19. The molecule has 1 aliphatic rings. The first-order valence-corrected chi connectivity index (χ1v) is 10.1. The molecular formula is C17H28ClN3O4S. The number of amides is 1. The molecule has 0 bridgehead atoms. The van der Waals surface area contributed by atoms with Gasteiger partial charge < -0.3 is 15.4 Å². The quantitative estimate of drug-likeness (QED) is 0.631. The highest BCUT2D eigenvalue weighted by molar-refractivity contribution is 7.89. The van der Waals surface area contributed by atoms with Gasteiger partial charge in [0.15, 0.2) is 0 Å². The van der Waals surface area contributed by atoms with E-state index in [1.54, 1.807) is 12.1 Å². The molecule has 0 spiro atoms. The number of benzene rings is 1. The van der Waals surface area contributed by atoms with E-state index in [1.807, 2.05) is 13.8 Å². The molecule has 0 atom stereocenters. The van der Waals surface area contributed by atoms with Crippen LogP contribution in [-0.2, 0) is 21.2 Å². The van der Waals surface area contributed by atoms with Crippen molar-refractivity contribution in [1.82, 2.24) is 14.9 Å². The minimum Gasteiger partial charge on any atom is -0.379 e. The predicted octanol–water partition coefficient (Wildman–Crippen LogP) is 1.03. The van der Waals surface area contributed by atoms with E-state index in [4.69, 9.17) is 4.74 Å². The number of rotatable bonds is 8. The third kappa shape index (κ3) is 5.65. The third-order valence-corrected chi connectivity index (χ3v) is 6.12. The lowest BCUT2D eigenvalue weighted by Gasteiger charge is -2.27. The summed E-state index contributed by atoms with van der Waals surface area (Å²) in [6, 6.07) is 4.90. The average molecular weight is 406 g/mol. The number of hydrogen-bond donors (Lipinski definition) is 2. The van der Waals surface area contributed by atoms with Crippen molar-refractivity contribution >= 4 is 28.3 Å². The predicted molar refractivity (Wildman–Crippen MR) is 104 cm³/mol. The molecule has 9 heteroatoms. The molecule has 0 saturated carbocycles. The van der Waals surface area contributed by atoms with Gasteiger partial charge in [-0.3, -0.25) is 4.79 Å². The van der Waals surface area contributed by atoms with Gasteiger partial charge in [0, 0.05) is 31.7 Å². The van der Waals surface area contributed by atoms with Crippen molar-refractivity contribution in [3.8, 4) is 0 Å². The summed E-state index contributed by atoms with van der Waals surface area (Å²) in [4.78, 5) is 12.5. The molecule has 7 nitrogen and oxygen atoms in total. The van der Waals surface area contributed by atoms with Crippen LogP contribution in [0, 0.1) is 0 Å². The Morgan fingerprint density at radius 3 is 2.50 bits per heavy atom. The molecule has 1 aromatic carbocycles. The number of likely N-dealkylation sites (N-methyl/N-ethyl adjacent to an activating group) is 1. The number of carbonyl (C=O) groups excluding carboxylic acids is 1. The van der Waals surface area contributed by atoms with E-state index in [1.165, 1.54) is 10.4 Å². The number of sulfonamides is 1. The Morgan fingerprint density at radius 2 is 1.88 bits per heavy atom. The van der Waals surface area contributed by atoms with Gasteiger partial charge in [0.25, 0.3) is 5.91 Å². The van der Waals surface area contributed by atoms with Gasteiger partial charge in [0.2, 0.25) is 10.0 Å². The van der Waals surface area contributed by atoms with Crippen molar-refractivity contribution in [2.75, 3.05) is 45.9 Å². The first-order chi connectivity index (χ1) is 12.0. The van der Waals surface area contributed by atoms with Crippen molar-refractivity contribution < 1.29 is 17.9 Å². The maximum atomic E-state index is 13.0. The average Bonchev–Trinajstić information content (AvgIpc) is 2.65. The lowest BCUT2D eigenvalue weighted by molar-refractivity contribution is 0.0730. The molecule has 26 heavy (non-hydrogen) atoms. The third-order valence-electron chi connectivity index (χ3n) is 4.14. The maximum absolute atomic E-state index is 13.0. The monoisotopic (exact) mass is 405 g/mol. The Morgan fingerprint density at radius 1 is 1.19 bits per heavy atom. The smallest absolute Gasteiger partial charge is 0.251 e. The molecule has 0 aliphatic carbocycles. The highest BCUT2D eigenvalue weighted by atomic mass is 35.5. The summed E-state index contributed by atoms with van der Waals surface area (Å²) in [7, 11) is -3.63. The first-order valence-electron chi connectivity index (χ1n) is 8.70. The molecule has 1 aromatic rings. The largest absolute Gasteiger partial charge is 0.379 e. The van der Waals surface area contributed by atoms with Crippen LogP contribution in [0.2, 0.25) is 0 Å². The summed E-state index contributed by atoms with van der Waals surface area (Å²) < 4.78 is 32.6. The summed E-state index contributed by atoms with van der Waals surface area (Å²) in [5, 5.41) is 5.92. The fraction of sp³-hybridized carbons (Fsp3) is 0.588. The van der Waals surface area contributed by atoms with Gasteiger partial charge in [-0.05, 0) is 30.7 Å². The van der Waals surface area contributed by atoms with Crippen LogP contribution in [0.25, 0.3) is 0 Å². The van der Waals surface area contributed by atoms with E-state index in [-0.39, 0.29) is 23.2 Å². The summed E-state index contributed by atoms with van der Waals surface area (Å²) >= 11 is 0. The fourth-order valence-corrected chi connectivity index (χ4v) is 4.42. The normalized spacial score (nSPS) is 15.3. The van der Waals surface area contributed by atoms with E-state index in [9.17, 15) is 13.2 Å². The molecule has 1 fully saturated rings. The second-order valence-corrected chi connectivity index (χ2v) is 7.71. The summed E-state index contributed by atoms with van der Waals surface area (Å²) in [5.74, 6) is -0.265. The van der Waals surface area contributed by atoms with Gasteiger partial charge in [-0.1, -0.05) is 19.9 Å². The highest BCUT2D eigenvalue weighted by Crippen LogP contribution is 2.23. The number of carbonyl (C=O) groups is 1. The van der Waals surface area contributed by atoms with Crippen molar-refractivity contribution in [2.24, 2.45) is 0 Å². The van der Waals surface area contributed by atoms with Gasteiger partial charge in [-0.2, -0.15) is 4.31 Å². The van der Waals surface area contributed by atoms with Gasteiger partial charge >= 0.3 is 0 Å². The summed E-state index contributed by atoms with van der Waals surface area (Å²) in [5.41, 5.74) is 1.08. The minimum atomic E-state index is -3.63.